The largest absolute Gasteiger partial charge is 0.480 e. The van der Waals surface area contributed by atoms with Crippen molar-refractivity contribution in [1.29, 1.82) is 0 Å². The van der Waals surface area contributed by atoms with Gasteiger partial charge in [0, 0.05) is 25.3 Å². The van der Waals surface area contributed by atoms with E-state index in [2.05, 4.69) is 10.4 Å². The van der Waals surface area contributed by atoms with Gasteiger partial charge < -0.3 is 19.7 Å². The van der Waals surface area contributed by atoms with Crippen LogP contribution in [0.1, 0.15) is 27.8 Å². The van der Waals surface area contributed by atoms with E-state index >= 15 is 0 Å². The number of esters is 1. The Labute approximate surface area is 185 Å². The Kier molecular flexibility index (Phi) is 7.22. The van der Waals surface area contributed by atoms with Crippen molar-refractivity contribution >= 4 is 23.5 Å². The van der Waals surface area contributed by atoms with E-state index in [1.165, 1.54) is 15.8 Å². The number of rotatable bonds is 8. The van der Waals surface area contributed by atoms with Crippen LogP contribution in [0.3, 0.4) is 0 Å². The average Bonchev–Trinajstić information content (AvgIpc) is 3.23. The number of nitrogens with one attached hydrogen (secondary N) is 1. The Morgan fingerprint density at radius 3 is 2.34 bits per heavy atom. The Bertz CT molecular complexity index is 1090. The molecule has 166 valence electrons. The molecule has 1 N–H and O–H groups in total. The van der Waals surface area contributed by atoms with Gasteiger partial charge in [0.2, 0.25) is 5.69 Å². The van der Waals surface area contributed by atoms with Crippen molar-refractivity contribution in [3.63, 3.8) is 0 Å². The molecule has 1 aromatic heterocycles. The molecule has 0 atom stereocenters. The number of nitrogens with zero attached hydrogens (tertiary/aromatic N) is 3. The van der Waals surface area contributed by atoms with E-state index in [9.17, 15) is 14.4 Å². The highest BCUT2D eigenvalue weighted by molar-refractivity contribution is 5.96. The first-order chi connectivity index (χ1) is 15.4. The van der Waals surface area contributed by atoms with Crippen molar-refractivity contribution in [2.75, 3.05) is 32.6 Å². The second kappa shape index (κ2) is 10.3. The lowest BCUT2D eigenvalue weighted by Gasteiger charge is -2.11. The highest BCUT2D eigenvalue weighted by Gasteiger charge is 2.21. The van der Waals surface area contributed by atoms with E-state index in [0.717, 1.165) is 5.69 Å². The summed E-state index contributed by atoms with van der Waals surface area (Å²) in [5, 5.41) is 6.94. The molecule has 0 bridgehead atoms. The minimum atomic E-state index is -0.640. The van der Waals surface area contributed by atoms with Gasteiger partial charge in [-0.25, -0.2) is 9.48 Å². The van der Waals surface area contributed by atoms with Gasteiger partial charge in [-0.15, -0.1) is 0 Å². The van der Waals surface area contributed by atoms with E-state index < -0.39 is 11.9 Å². The number of hydrogen-bond acceptors (Lipinski definition) is 6. The third kappa shape index (κ3) is 5.51. The predicted octanol–water partition coefficient (Wildman–Crippen LogP) is 2.77. The first kappa shape index (κ1) is 22.5. The fourth-order valence-corrected chi connectivity index (χ4v) is 2.81. The number of ether oxygens (including phenoxy) is 2. The molecule has 3 aromatic rings. The maximum atomic E-state index is 12.3. The Morgan fingerprint density at radius 1 is 1.03 bits per heavy atom. The summed E-state index contributed by atoms with van der Waals surface area (Å²) in [7, 11) is 3.33. The topological polar surface area (TPSA) is 103 Å². The summed E-state index contributed by atoms with van der Waals surface area (Å²) < 4.78 is 12.1. The molecule has 0 spiro atoms. The van der Waals surface area contributed by atoms with Crippen molar-refractivity contribution in [2.45, 2.75) is 6.92 Å². The zero-order valence-corrected chi connectivity index (χ0v) is 18.1. The van der Waals surface area contributed by atoms with Crippen LogP contribution < -0.4 is 10.1 Å². The smallest absolute Gasteiger partial charge is 0.362 e. The maximum Gasteiger partial charge on any atom is 0.362 e. The van der Waals surface area contributed by atoms with Gasteiger partial charge >= 0.3 is 5.97 Å². The number of aromatic nitrogens is 2. The Hall–Kier alpha value is -4.14. The molecular weight excluding hydrogens is 412 g/mol. The summed E-state index contributed by atoms with van der Waals surface area (Å²) in [6.07, 6.45) is 1.52. The summed E-state index contributed by atoms with van der Waals surface area (Å²) in [6, 6.07) is 15.7. The van der Waals surface area contributed by atoms with Gasteiger partial charge in [-0.2, -0.15) is 5.10 Å². The number of benzene rings is 2. The fourth-order valence-electron chi connectivity index (χ4n) is 2.81. The second-order valence-corrected chi connectivity index (χ2v) is 6.96. The standard InChI is InChI=1S/C23H24N4O5/c1-4-31-23(30)21-19(14-27(25-21)18-8-6-5-7-9-18)32-15-20(28)24-17-12-10-16(11-13-17)22(29)26(2)3/h5-14H,4,15H2,1-3H3,(H,24,28). The Morgan fingerprint density at radius 2 is 1.72 bits per heavy atom. The zero-order valence-electron chi connectivity index (χ0n) is 18.1. The zero-order chi connectivity index (χ0) is 23.1. The van der Waals surface area contributed by atoms with Crippen LogP contribution in [0.25, 0.3) is 5.69 Å². The third-order valence-corrected chi connectivity index (χ3v) is 4.35. The summed E-state index contributed by atoms with van der Waals surface area (Å²) >= 11 is 0. The molecule has 0 saturated carbocycles. The molecule has 0 aliphatic rings. The quantitative estimate of drug-likeness (QED) is 0.545. The van der Waals surface area contributed by atoms with Gasteiger partial charge in [-0.05, 0) is 43.3 Å². The van der Waals surface area contributed by atoms with Crippen LogP contribution in [-0.2, 0) is 9.53 Å². The minimum Gasteiger partial charge on any atom is -0.480 e. The van der Waals surface area contributed by atoms with Crippen LogP contribution in [-0.4, -0.2) is 59.8 Å². The van der Waals surface area contributed by atoms with Gasteiger partial charge in [0.25, 0.3) is 11.8 Å². The number of carbonyl (C=O) groups is 3. The number of hydrogen-bond donors (Lipinski definition) is 1. The lowest BCUT2D eigenvalue weighted by molar-refractivity contribution is -0.118. The molecule has 2 aromatic carbocycles. The van der Waals surface area contributed by atoms with E-state index in [-0.39, 0.29) is 30.6 Å². The maximum absolute atomic E-state index is 12.3. The minimum absolute atomic E-state index is 0.0185. The van der Waals surface area contributed by atoms with Crippen molar-refractivity contribution in [3.8, 4) is 11.4 Å². The molecular formula is C23H24N4O5. The van der Waals surface area contributed by atoms with Gasteiger partial charge in [0.05, 0.1) is 18.5 Å². The van der Waals surface area contributed by atoms with Crippen molar-refractivity contribution in [2.24, 2.45) is 0 Å². The normalized spacial score (nSPS) is 10.3. The summed E-state index contributed by atoms with van der Waals surface area (Å²) in [5.41, 5.74) is 1.73. The van der Waals surface area contributed by atoms with Crippen LogP contribution in [0, 0.1) is 0 Å². The van der Waals surface area contributed by atoms with Gasteiger partial charge in [0.1, 0.15) is 0 Å². The first-order valence-corrected chi connectivity index (χ1v) is 9.95. The van der Waals surface area contributed by atoms with Gasteiger partial charge in [0.15, 0.2) is 12.4 Å². The molecule has 0 aliphatic heterocycles. The van der Waals surface area contributed by atoms with Gasteiger partial charge in [-0.3, -0.25) is 9.59 Å². The van der Waals surface area contributed by atoms with Crippen LogP contribution in [0.4, 0.5) is 5.69 Å². The second-order valence-electron chi connectivity index (χ2n) is 6.96. The molecule has 0 fully saturated rings. The number of amides is 2. The van der Waals surface area contributed by atoms with Gasteiger partial charge in [-0.1, -0.05) is 18.2 Å². The molecule has 3 rings (SSSR count). The molecule has 0 unspecified atom stereocenters. The van der Waals surface area contributed by atoms with Crippen LogP contribution in [0.2, 0.25) is 0 Å². The molecule has 9 heteroatoms. The van der Waals surface area contributed by atoms with Crippen LogP contribution in [0.15, 0.2) is 60.8 Å². The molecule has 9 nitrogen and oxygen atoms in total. The van der Waals surface area contributed by atoms with E-state index in [4.69, 9.17) is 9.47 Å². The SMILES string of the molecule is CCOC(=O)c1nn(-c2ccccc2)cc1OCC(=O)Nc1ccc(C(=O)N(C)C)cc1. The lowest BCUT2D eigenvalue weighted by Crippen LogP contribution is -2.22. The number of anilines is 1. The number of para-hydroxylation sites is 1. The van der Waals surface area contributed by atoms with Crippen molar-refractivity contribution in [3.05, 3.63) is 72.1 Å². The predicted molar refractivity (Wildman–Crippen MR) is 118 cm³/mol. The molecule has 2 amide bonds. The van der Waals surface area contributed by atoms with E-state index in [1.54, 1.807) is 45.3 Å². The van der Waals surface area contributed by atoms with E-state index in [0.29, 0.717) is 11.3 Å². The Balaban J connectivity index is 1.68. The third-order valence-electron chi connectivity index (χ3n) is 4.35. The highest BCUT2D eigenvalue weighted by atomic mass is 16.5. The van der Waals surface area contributed by atoms with Crippen LogP contribution >= 0.6 is 0 Å². The summed E-state index contributed by atoms with van der Waals surface area (Å²) in [6.45, 7) is 1.53. The number of carbonyl (C=O) groups excluding carboxylic acids is 3. The monoisotopic (exact) mass is 436 g/mol. The molecule has 0 aliphatic carbocycles. The van der Waals surface area contributed by atoms with E-state index in [1.807, 2.05) is 30.3 Å². The summed E-state index contributed by atoms with van der Waals surface area (Å²) in [4.78, 5) is 38.0. The van der Waals surface area contributed by atoms with Crippen molar-refractivity contribution < 1.29 is 23.9 Å². The highest BCUT2D eigenvalue weighted by Crippen LogP contribution is 2.21. The molecule has 0 saturated heterocycles. The molecule has 0 radical (unpaired) electrons. The first-order valence-electron chi connectivity index (χ1n) is 9.95. The van der Waals surface area contributed by atoms with Crippen LogP contribution in [0.5, 0.6) is 5.75 Å². The molecule has 32 heavy (non-hydrogen) atoms. The van der Waals surface area contributed by atoms with Crippen molar-refractivity contribution in [1.82, 2.24) is 14.7 Å². The fraction of sp³-hybridized carbons (Fsp3) is 0.217. The lowest BCUT2D eigenvalue weighted by atomic mass is 10.2. The molecule has 1 heterocycles. The average molecular weight is 436 g/mol. The summed E-state index contributed by atoms with van der Waals surface area (Å²) in [5.74, 6) is -1.07.